The minimum absolute atomic E-state index is 0.0855. The second kappa shape index (κ2) is 15.4. The first-order valence-electron chi connectivity index (χ1n) is 21.6. The monoisotopic (exact) mass is 821 g/mol. The zero-order chi connectivity index (χ0) is 41.0. The standard InChI is InChI=1S/C54H43N7S/c1-5-17-34(18-6-1)49-55-50(35-19-7-2-8-20-35)58-53(57-49)38-29-31-44(42(33-38)54-59-51(36-21-9-3-10-22-36)56-52(60-54)37-23-11-4-12-24-37)61-43-27-15-13-26-41(43)47-45(61)32-30-40-39-25-14-16-28-46(39)62-48(40)47/h1-11,13-21,23,25-30,32-33,36,44,49,51H,12,22,24,31H2,(H,55,57,58)(H,56,59,60). The number of nitrogens with one attached hydrogen (secondary N) is 2. The molecule has 0 saturated carbocycles. The van der Waals surface area contributed by atoms with Gasteiger partial charge in [0.15, 0.2) is 12.3 Å². The molecule has 7 nitrogen and oxygen atoms in total. The van der Waals surface area contributed by atoms with Gasteiger partial charge in [-0.2, -0.15) is 0 Å². The van der Waals surface area contributed by atoms with Crippen molar-refractivity contribution in [1.29, 1.82) is 0 Å². The van der Waals surface area contributed by atoms with Crippen molar-refractivity contribution in [3.05, 3.63) is 204 Å². The maximum atomic E-state index is 5.57. The first-order chi connectivity index (χ1) is 30.7. The SMILES string of the molecule is C1=CCCC(C2=NC(C3C=CC=CC3)N=C(C3=CC(C4=NC(c5ccccc5)N=C(c5ccccc5)N4)=CCC3n3c4ccccc4c4c5sc6ccccc6c5ccc43)N2)=C1. The van der Waals surface area contributed by atoms with E-state index in [2.05, 4.69) is 179 Å². The molecule has 4 atom stereocenters. The van der Waals surface area contributed by atoms with E-state index < -0.39 is 6.17 Å². The number of fused-ring (bicyclic) bond motifs is 7. The summed E-state index contributed by atoms with van der Waals surface area (Å²) < 4.78 is 5.21. The van der Waals surface area contributed by atoms with E-state index in [9.17, 15) is 0 Å². The first-order valence-corrected chi connectivity index (χ1v) is 22.5. The molecule has 0 spiro atoms. The Hall–Kier alpha value is -7.16. The summed E-state index contributed by atoms with van der Waals surface area (Å²) in [6, 6.07) is 43.0. The summed E-state index contributed by atoms with van der Waals surface area (Å²) in [5.41, 5.74) is 7.81. The topological polar surface area (TPSA) is 78.4 Å². The van der Waals surface area contributed by atoms with Gasteiger partial charge in [-0.05, 0) is 61.1 Å². The Balaban J connectivity index is 1.05. The average molecular weight is 822 g/mol. The maximum absolute atomic E-state index is 5.57. The minimum atomic E-state index is -0.398. The molecule has 5 aliphatic rings. The first kappa shape index (κ1) is 36.7. The van der Waals surface area contributed by atoms with Gasteiger partial charge in [0.05, 0.1) is 11.6 Å². The normalized spacial score (nSPS) is 22.4. The van der Waals surface area contributed by atoms with Gasteiger partial charge >= 0.3 is 0 Å². The zero-order valence-corrected chi connectivity index (χ0v) is 34.8. The molecule has 0 radical (unpaired) electrons. The van der Waals surface area contributed by atoms with Gasteiger partial charge in [-0.3, -0.25) is 0 Å². The molecule has 2 aromatic heterocycles. The highest BCUT2D eigenvalue weighted by molar-refractivity contribution is 7.26. The molecule has 8 heteroatoms. The Labute approximate surface area is 364 Å². The van der Waals surface area contributed by atoms with Gasteiger partial charge in [0.1, 0.15) is 23.3 Å². The predicted molar refractivity (Wildman–Crippen MR) is 260 cm³/mol. The van der Waals surface area contributed by atoms with Crippen molar-refractivity contribution >= 4 is 76.7 Å². The van der Waals surface area contributed by atoms with Crippen LogP contribution in [0.2, 0.25) is 0 Å². The second-order valence-corrected chi connectivity index (χ2v) is 17.5. The van der Waals surface area contributed by atoms with E-state index in [0.29, 0.717) is 0 Å². The molecule has 5 aromatic carbocycles. The van der Waals surface area contributed by atoms with Crippen molar-refractivity contribution in [2.24, 2.45) is 25.9 Å². The third kappa shape index (κ3) is 6.41. The van der Waals surface area contributed by atoms with Gasteiger partial charge in [0, 0.05) is 59.1 Å². The number of rotatable bonds is 7. The highest BCUT2D eigenvalue weighted by Gasteiger charge is 2.34. The molecule has 4 unspecified atom stereocenters. The molecular weight excluding hydrogens is 779 g/mol. The second-order valence-electron chi connectivity index (χ2n) is 16.4. The number of hydrogen-bond acceptors (Lipinski definition) is 7. The van der Waals surface area contributed by atoms with Crippen molar-refractivity contribution in [3.63, 3.8) is 0 Å². The van der Waals surface area contributed by atoms with E-state index in [0.717, 1.165) is 71.3 Å². The van der Waals surface area contributed by atoms with Crippen LogP contribution >= 0.6 is 11.3 Å². The van der Waals surface area contributed by atoms with Gasteiger partial charge in [-0.25, -0.2) is 20.0 Å². The van der Waals surface area contributed by atoms with Crippen LogP contribution in [0.1, 0.15) is 49.0 Å². The molecule has 0 saturated heterocycles. The number of allylic oxidation sites excluding steroid dienone is 7. The molecule has 4 heterocycles. The average Bonchev–Trinajstić information content (AvgIpc) is 3.90. The van der Waals surface area contributed by atoms with Crippen molar-refractivity contribution in [2.75, 3.05) is 0 Å². The van der Waals surface area contributed by atoms with Crippen molar-refractivity contribution in [2.45, 2.75) is 44.1 Å². The van der Waals surface area contributed by atoms with Crippen LogP contribution in [0.4, 0.5) is 0 Å². The van der Waals surface area contributed by atoms with Gasteiger partial charge in [-0.1, -0.05) is 152 Å². The van der Waals surface area contributed by atoms with Crippen LogP contribution < -0.4 is 10.6 Å². The lowest BCUT2D eigenvalue weighted by Crippen LogP contribution is -2.42. The summed E-state index contributed by atoms with van der Waals surface area (Å²) in [6.07, 6.45) is 22.9. The lowest BCUT2D eigenvalue weighted by atomic mass is 9.90. The molecule has 0 bridgehead atoms. The van der Waals surface area contributed by atoms with Crippen LogP contribution in [-0.4, -0.2) is 34.1 Å². The van der Waals surface area contributed by atoms with Gasteiger partial charge < -0.3 is 15.2 Å². The molecule has 0 amide bonds. The fourth-order valence-corrected chi connectivity index (χ4v) is 10.9. The Morgan fingerprint density at radius 3 is 2.23 bits per heavy atom. The van der Waals surface area contributed by atoms with E-state index in [4.69, 9.17) is 20.0 Å². The Bertz CT molecular complexity index is 3260. The smallest absolute Gasteiger partial charge is 0.169 e. The number of thiophene rings is 1. The highest BCUT2D eigenvalue weighted by atomic mass is 32.1. The van der Waals surface area contributed by atoms with Crippen LogP contribution in [0.25, 0.3) is 42.0 Å². The van der Waals surface area contributed by atoms with Crippen LogP contribution in [0.3, 0.4) is 0 Å². The number of hydrogen-bond donors (Lipinski definition) is 2. The largest absolute Gasteiger partial charge is 0.332 e. The highest BCUT2D eigenvalue weighted by Crippen LogP contribution is 2.45. The van der Waals surface area contributed by atoms with Crippen LogP contribution in [0.15, 0.2) is 213 Å². The minimum Gasteiger partial charge on any atom is -0.332 e. The molecule has 12 rings (SSSR count). The molecule has 2 N–H and O–H groups in total. The summed E-state index contributed by atoms with van der Waals surface area (Å²) >= 11 is 1.89. The molecule has 0 fully saturated rings. The van der Waals surface area contributed by atoms with Crippen molar-refractivity contribution in [3.8, 4) is 0 Å². The molecule has 3 aliphatic carbocycles. The van der Waals surface area contributed by atoms with Crippen LogP contribution in [0.5, 0.6) is 0 Å². The van der Waals surface area contributed by atoms with E-state index in [1.807, 2.05) is 23.5 Å². The fraction of sp³-hybridized carbons (Fsp3) is 0.148. The fourth-order valence-electron chi connectivity index (χ4n) is 9.63. The van der Waals surface area contributed by atoms with E-state index >= 15 is 0 Å². The van der Waals surface area contributed by atoms with Gasteiger partial charge in [0.2, 0.25) is 0 Å². The number of para-hydroxylation sites is 1. The molecule has 2 aliphatic heterocycles. The summed E-state index contributed by atoms with van der Waals surface area (Å²) in [5, 5.41) is 12.7. The lowest BCUT2D eigenvalue weighted by molar-refractivity contribution is 0.514. The summed E-state index contributed by atoms with van der Waals surface area (Å²) in [7, 11) is 0. The summed E-state index contributed by atoms with van der Waals surface area (Å²) in [4.78, 5) is 21.4. The number of aromatic nitrogens is 1. The molecule has 300 valence electrons. The van der Waals surface area contributed by atoms with E-state index in [-0.39, 0.29) is 18.1 Å². The van der Waals surface area contributed by atoms with Crippen molar-refractivity contribution < 1.29 is 0 Å². The number of amidine groups is 4. The van der Waals surface area contributed by atoms with Crippen LogP contribution in [-0.2, 0) is 0 Å². The third-order valence-corrected chi connectivity index (χ3v) is 13.9. The summed E-state index contributed by atoms with van der Waals surface area (Å²) in [5.74, 6) is 3.51. The van der Waals surface area contributed by atoms with E-state index in [1.54, 1.807) is 0 Å². The Morgan fingerprint density at radius 2 is 1.39 bits per heavy atom. The van der Waals surface area contributed by atoms with E-state index in [1.165, 1.54) is 47.6 Å². The quantitative estimate of drug-likeness (QED) is 0.168. The zero-order valence-electron chi connectivity index (χ0n) is 34.0. The molecule has 62 heavy (non-hydrogen) atoms. The lowest BCUT2D eigenvalue weighted by Gasteiger charge is -2.33. The maximum Gasteiger partial charge on any atom is 0.169 e. The number of aliphatic imine (C=N–C) groups is 4. The summed E-state index contributed by atoms with van der Waals surface area (Å²) in [6.45, 7) is 0. The van der Waals surface area contributed by atoms with Gasteiger partial charge in [0.25, 0.3) is 0 Å². The Kier molecular flexibility index (Phi) is 9.10. The van der Waals surface area contributed by atoms with Gasteiger partial charge in [-0.15, -0.1) is 11.3 Å². The molecular formula is C54H43N7S. The molecule has 7 aromatic rings. The number of benzene rings is 5. The predicted octanol–water partition coefficient (Wildman–Crippen LogP) is 12.2. The number of nitrogens with zero attached hydrogens (tertiary/aromatic N) is 5. The van der Waals surface area contributed by atoms with Crippen LogP contribution in [0, 0.1) is 5.92 Å². The third-order valence-electron chi connectivity index (χ3n) is 12.7. The van der Waals surface area contributed by atoms with Crippen molar-refractivity contribution in [1.82, 2.24) is 15.2 Å². The Morgan fingerprint density at radius 1 is 0.613 bits per heavy atom.